The molecule has 0 saturated heterocycles. The number of halogens is 1. The molecule has 0 bridgehead atoms. The van der Waals surface area contributed by atoms with Gasteiger partial charge in [0, 0.05) is 49.0 Å². The summed E-state index contributed by atoms with van der Waals surface area (Å²) >= 11 is 2.09. The topological polar surface area (TPSA) is 80.4 Å². The molecule has 0 spiro atoms. The zero-order valence-electron chi connectivity index (χ0n) is 7.90. The molecule has 1 amide bonds. The van der Waals surface area contributed by atoms with Gasteiger partial charge in [-0.05, 0) is 12.1 Å². The number of nitrogens with zero attached hydrogens (tertiary/aromatic N) is 2. The van der Waals surface area contributed by atoms with Crippen molar-refractivity contribution >= 4 is 47.9 Å². The first-order valence-corrected chi connectivity index (χ1v) is 7.34. The summed E-state index contributed by atoms with van der Waals surface area (Å²) in [6.45, 7) is 1.36. The molecular weight excluding hydrogens is 327 g/mol. The second-order valence-electron chi connectivity index (χ2n) is 2.63. The first-order valence-electron chi connectivity index (χ1n) is 3.98. The molecule has 0 aliphatic heterocycles. The van der Waals surface area contributed by atoms with Crippen molar-refractivity contribution in [1.82, 2.24) is 4.98 Å². The fourth-order valence-corrected chi connectivity index (χ4v) is 1.79. The van der Waals surface area contributed by atoms with Crippen LogP contribution in [0.1, 0.15) is 12.5 Å². The third-order valence-corrected chi connectivity index (χ3v) is 2.42. The van der Waals surface area contributed by atoms with Gasteiger partial charge in [-0.1, -0.05) is 0 Å². The maximum atomic E-state index is 10.7. The molecule has 0 aliphatic carbocycles. The molecule has 0 unspecified atom stereocenters. The fourth-order valence-electron chi connectivity index (χ4n) is 0.919. The van der Waals surface area contributed by atoms with Crippen molar-refractivity contribution in [3.63, 3.8) is 0 Å². The van der Waals surface area contributed by atoms with E-state index in [4.69, 9.17) is 5.73 Å². The quantitative estimate of drug-likeness (QED) is 0.380. The Kier molecular flexibility index (Phi) is 4.82. The maximum Gasteiger partial charge on any atom is 0.244 e. The number of hydrogen-bond acceptors (Lipinski definition) is 4. The molecule has 80 valence electrons. The highest BCUT2D eigenvalue weighted by atomic mass is 127. The van der Waals surface area contributed by atoms with Gasteiger partial charge in [-0.2, -0.15) is 4.99 Å². The molecule has 1 aromatic heterocycles. The Bertz CT molecular complexity index is 396. The molecule has 0 aromatic carbocycles. The summed E-state index contributed by atoms with van der Waals surface area (Å²) in [6, 6.07) is 3.43. The first kappa shape index (κ1) is 12.2. The minimum absolute atomic E-state index is 0.200. The molecular formula is C8H9IN4OS. The average molecular weight is 336 g/mol. The van der Waals surface area contributed by atoms with Crippen LogP contribution in [0.3, 0.4) is 0 Å². The van der Waals surface area contributed by atoms with Crippen molar-refractivity contribution in [3.05, 3.63) is 23.9 Å². The van der Waals surface area contributed by atoms with Crippen molar-refractivity contribution in [1.29, 1.82) is 0 Å². The number of pyridine rings is 1. The fraction of sp³-hybridized carbons (Fsp3) is 0.125. The normalized spacial score (nSPS) is 11.2. The van der Waals surface area contributed by atoms with Crippen molar-refractivity contribution in [2.75, 3.05) is 4.72 Å². The predicted molar refractivity (Wildman–Crippen MR) is 70.9 cm³/mol. The van der Waals surface area contributed by atoms with Crippen LogP contribution in [-0.4, -0.2) is 16.7 Å². The van der Waals surface area contributed by atoms with Gasteiger partial charge < -0.3 is 10.5 Å². The van der Waals surface area contributed by atoms with Crippen LogP contribution in [0.4, 0.5) is 5.82 Å². The lowest BCUT2D eigenvalue weighted by molar-refractivity contribution is -0.115. The lowest BCUT2D eigenvalue weighted by atomic mass is 10.2. The Morgan fingerprint density at radius 1 is 1.73 bits per heavy atom. The van der Waals surface area contributed by atoms with Crippen LogP contribution in [0.15, 0.2) is 23.3 Å². The standard InChI is InChI=1S/C8H9IN4OS/c1-5(14)12-8(10)6-2-3-11-7(4-6)13-15-9/h2-4H,1H3,(H,11,13)(H2,10,12,14). The minimum Gasteiger partial charge on any atom is -0.383 e. The Morgan fingerprint density at radius 3 is 3.07 bits per heavy atom. The molecule has 1 heterocycles. The van der Waals surface area contributed by atoms with E-state index in [9.17, 15) is 4.79 Å². The zero-order valence-corrected chi connectivity index (χ0v) is 10.9. The van der Waals surface area contributed by atoms with Crippen LogP contribution in [0.2, 0.25) is 0 Å². The summed E-state index contributed by atoms with van der Waals surface area (Å²) < 4.78 is 2.95. The number of rotatable bonds is 3. The van der Waals surface area contributed by atoms with Crippen LogP contribution in [0, 0.1) is 0 Å². The van der Waals surface area contributed by atoms with E-state index < -0.39 is 0 Å². The van der Waals surface area contributed by atoms with Crippen LogP contribution < -0.4 is 10.5 Å². The van der Waals surface area contributed by atoms with E-state index in [1.165, 1.54) is 16.0 Å². The van der Waals surface area contributed by atoms with Gasteiger partial charge in [0.15, 0.2) is 0 Å². The Labute approximate surface area is 104 Å². The molecule has 0 atom stereocenters. The lowest BCUT2D eigenvalue weighted by Crippen LogP contribution is -2.15. The highest BCUT2D eigenvalue weighted by molar-refractivity contribution is 14.2. The Hall–Kier alpha value is -0.830. The summed E-state index contributed by atoms with van der Waals surface area (Å²) in [5.74, 6) is 0.557. The van der Waals surface area contributed by atoms with E-state index in [1.54, 1.807) is 18.3 Å². The Balaban J connectivity index is 2.94. The van der Waals surface area contributed by atoms with Crippen LogP contribution in [0.5, 0.6) is 0 Å². The van der Waals surface area contributed by atoms with Crippen molar-refractivity contribution in [3.8, 4) is 0 Å². The summed E-state index contributed by atoms with van der Waals surface area (Å²) in [7, 11) is 1.40. The molecule has 7 heteroatoms. The van der Waals surface area contributed by atoms with Crippen LogP contribution in [-0.2, 0) is 4.79 Å². The third kappa shape index (κ3) is 4.04. The highest BCUT2D eigenvalue weighted by Crippen LogP contribution is 2.16. The summed E-state index contributed by atoms with van der Waals surface area (Å²) in [4.78, 5) is 18.4. The SMILES string of the molecule is CC(=O)N=C(N)c1ccnc(NSI)c1. The average Bonchev–Trinajstić information content (AvgIpc) is 2.17. The van der Waals surface area contributed by atoms with Crippen LogP contribution in [0.25, 0.3) is 0 Å². The highest BCUT2D eigenvalue weighted by Gasteiger charge is 2.01. The summed E-state index contributed by atoms with van der Waals surface area (Å²) in [6.07, 6.45) is 1.60. The number of aliphatic imine (C=N–C) groups is 1. The van der Waals surface area contributed by atoms with E-state index in [1.807, 2.05) is 0 Å². The van der Waals surface area contributed by atoms with Gasteiger partial charge in [-0.3, -0.25) is 4.79 Å². The largest absolute Gasteiger partial charge is 0.383 e. The number of amidine groups is 1. The maximum absolute atomic E-state index is 10.7. The monoisotopic (exact) mass is 336 g/mol. The number of anilines is 1. The van der Waals surface area contributed by atoms with E-state index in [0.29, 0.717) is 11.4 Å². The van der Waals surface area contributed by atoms with E-state index >= 15 is 0 Å². The van der Waals surface area contributed by atoms with Gasteiger partial charge in [0.05, 0.1) is 0 Å². The number of amides is 1. The van der Waals surface area contributed by atoms with Gasteiger partial charge in [0.25, 0.3) is 0 Å². The molecule has 0 aliphatic rings. The van der Waals surface area contributed by atoms with Gasteiger partial charge in [0.2, 0.25) is 5.91 Å². The molecule has 0 radical (unpaired) electrons. The molecule has 5 nitrogen and oxygen atoms in total. The van der Waals surface area contributed by atoms with E-state index in [0.717, 1.165) is 0 Å². The van der Waals surface area contributed by atoms with Crippen LogP contribution >= 0.6 is 30.3 Å². The Morgan fingerprint density at radius 2 is 2.47 bits per heavy atom. The smallest absolute Gasteiger partial charge is 0.244 e. The number of hydrogen-bond donors (Lipinski definition) is 2. The van der Waals surface area contributed by atoms with Gasteiger partial charge >= 0.3 is 0 Å². The number of carbonyl (C=O) groups is 1. The van der Waals surface area contributed by atoms with Gasteiger partial charge in [0.1, 0.15) is 11.7 Å². The van der Waals surface area contributed by atoms with Gasteiger partial charge in [-0.15, -0.1) is 0 Å². The van der Waals surface area contributed by atoms with Crippen molar-refractivity contribution in [2.45, 2.75) is 6.92 Å². The number of nitrogens with one attached hydrogen (secondary N) is 1. The zero-order chi connectivity index (χ0) is 11.3. The summed E-state index contributed by atoms with van der Waals surface area (Å²) in [5, 5.41) is 0. The second-order valence-corrected chi connectivity index (χ2v) is 4.30. The second kappa shape index (κ2) is 5.91. The molecule has 15 heavy (non-hydrogen) atoms. The molecule has 3 N–H and O–H groups in total. The third-order valence-electron chi connectivity index (χ3n) is 1.48. The number of nitrogens with two attached hydrogens (primary N) is 1. The number of aromatic nitrogens is 1. The molecule has 0 saturated carbocycles. The lowest BCUT2D eigenvalue weighted by Gasteiger charge is -2.03. The summed E-state index contributed by atoms with van der Waals surface area (Å²) in [5.41, 5.74) is 6.30. The van der Waals surface area contributed by atoms with Crippen molar-refractivity contribution in [2.24, 2.45) is 10.7 Å². The molecule has 0 fully saturated rings. The van der Waals surface area contributed by atoms with Crippen molar-refractivity contribution < 1.29 is 4.79 Å². The molecule has 1 rings (SSSR count). The minimum atomic E-state index is -0.318. The molecule has 1 aromatic rings. The number of carbonyl (C=O) groups excluding carboxylic acids is 1. The predicted octanol–water partition coefficient (Wildman–Crippen LogP) is 1.74. The van der Waals surface area contributed by atoms with E-state index in [-0.39, 0.29) is 11.7 Å². The van der Waals surface area contributed by atoms with Gasteiger partial charge in [-0.25, -0.2) is 4.98 Å². The first-order chi connectivity index (χ1) is 7.13. The van der Waals surface area contributed by atoms with E-state index in [2.05, 4.69) is 35.9 Å².